The predicted molar refractivity (Wildman–Crippen MR) is 96.5 cm³/mol. The van der Waals surface area contributed by atoms with Crippen molar-refractivity contribution < 1.29 is 9.47 Å². The summed E-state index contributed by atoms with van der Waals surface area (Å²) < 4.78 is 11.1. The fourth-order valence-electron chi connectivity index (χ4n) is 2.58. The van der Waals surface area contributed by atoms with Gasteiger partial charge in [0.25, 0.3) is 0 Å². The van der Waals surface area contributed by atoms with Crippen LogP contribution >= 0.6 is 0 Å². The van der Waals surface area contributed by atoms with Crippen LogP contribution in [-0.2, 0) is 11.2 Å². The number of rotatable bonds is 10. The second-order valence-electron chi connectivity index (χ2n) is 5.48. The number of likely N-dealkylation sites (N-methyl/N-ethyl adjacent to an activating group) is 1. The molecule has 23 heavy (non-hydrogen) atoms. The van der Waals surface area contributed by atoms with E-state index < -0.39 is 0 Å². The summed E-state index contributed by atoms with van der Waals surface area (Å²) in [5.74, 6) is 0.893. The Hall–Kier alpha value is -2.00. The fourth-order valence-corrected chi connectivity index (χ4v) is 2.58. The molecule has 0 fully saturated rings. The summed E-state index contributed by atoms with van der Waals surface area (Å²) in [5, 5.41) is 0. The van der Waals surface area contributed by atoms with E-state index in [1.165, 1.54) is 11.3 Å². The maximum absolute atomic E-state index is 5.79. The summed E-state index contributed by atoms with van der Waals surface area (Å²) in [6.07, 6.45) is 2.14. The van der Waals surface area contributed by atoms with Gasteiger partial charge in [-0.15, -0.1) is 0 Å². The smallest absolute Gasteiger partial charge is 0.120 e. The molecule has 0 aromatic heterocycles. The van der Waals surface area contributed by atoms with Crippen LogP contribution in [0.5, 0.6) is 5.75 Å². The van der Waals surface area contributed by atoms with E-state index in [-0.39, 0.29) is 0 Å². The molecule has 0 unspecified atom stereocenters. The van der Waals surface area contributed by atoms with E-state index in [0.29, 0.717) is 0 Å². The number of hydrogen-bond acceptors (Lipinski definition) is 3. The number of nitrogens with zero attached hydrogens (tertiary/aromatic N) is 1. The molecule has 0 N–H and O–H groups in total. The maximum Gasteiger partial charge on any atom is 0.120 e. The van der Waals surface area contributed by atoms with Crippen LogP contribution in [0.25, 0.3) is 0 Å². The van der Waals surface area contributed by atoms with Gasteiger partial charge in [-0.25, -0.2) is 0 Å². The number of anilines is 1. The first-order valence-corrected chi connectivity index (χ1v) is 8.34. The average Bonchev–Trinajstić information content (AvgIpc) is 2.62. The average molecular weight is 313 g/mol. The maximum atomic E-state index is 5.79. The van der Waals surface area contributed by atoms with E-state index in [4.69, 9.17) is 9.47 Å². The first-order valence-electron chi connectivity index (χ1n) is 8.34. The van der Waals surface area contributed by atoms with Crippen molar-refractivity contribution in [1.82, 2.24) is 0 Å². The Labute approximate surface area is 139 Å². The summed E-state index contributed by atoms with van der Waals surface area (Å²) in [6.45, 7) is 5.58. The van der Waals surface area contributed by atoms with Crippen LogP contribution in [0.3, 0.4) is 0 Å². The van der Waals surface area contributed by atoms with E-state index >= 15 is 0 Å². The summed E-state index contributed by atoms with van der Waals surface area (Å²) in [6, 6.07) is 18.7. The molecule has 2 aromatic rings. The Morgan fingerprint density at radius 3 is 2.52 bits per heavy atom. The lowest BCUT2D eigenvalue weighted by Crippen LogP contribution is -2.27. The normalized spacial score (nSPS) is 10.5. The van der Waals surface area contributed by atoms with Gasteiger partial charge in [0.2, 0.25) is 0 Å². The number of aryl methyl sites for hydroxylation is 1. The summed E-state index contributed by atoms with van der Waals surface area (Å²) in [5.41, 5.74) is 2.56. The Morgan fingerprint density at radius 2 is 1.78 bits per heavy atom. The molecule has 124 valence electrons. The highest BCUT2D eigenvalue weighted by atomic mass is 16.5. The molecule has 0 aliphatic heterocycles. The van der Waals surface area contributed by atoms with Crippen molar-refractivity contribution in [3.8, 4) is 5.75 Å². The van der Waals surface area contributed by atoms with Gasteiger partial charge >= 0.3 is 0 Å². The number of hydrogen-bond donors (Lipinski definition) is 0. The minimum Gasteiger partial charge on any atom is -0.497 e. The highest BCUT2D eigenvalue weighted by molar-refractivity contribution is 5.50. The molecule has 0 aliphatic carbocycles. The van der Waals surface area contributed by atoms with Crippen LogP contribution in [0.1, 0.15) is 18.9 Å². The summed E-state index contributed by atoms with van der Waals surface area (Å²) >= 11 is 0. The number of benzene rings is 2. The zero-order valence-electron chi connectivity index (χ0n) is 14.2. The second kappa shape index (κ2) is 9.90. The van der Waals surface area contributed by atoms with Gasteiger partial charge in [0.1, 0.15) is 5.75 Å². The lowest BCUT2D eigenvalue weighted by atomic mass is 10.1. The van der Waals surface area contributed by atoms with E-state index in [0.717, 1.165) is 44.9 Å². The van der Waals surface area contributed by atoms with Crippen molar-refractivity contribution in [2.45, 2.75) is 19.8 Å². The molecular weight excluding hydrogens is 286 g/mol. The Bertz CT molecular complexity index is 557. The molecule has 0 bridgehead atoms. The van der Waals surface area contributed by atoms with Gasteiger partial charge in [0.05, 0.1) is 13.7 Å². The van der Waals surface area contributed by atoms with E-state index in [1.807, 2.05) is 12.1 Å². The third kappa shape index (κ3) is 5.95. The standard InChI is InChI=1S/C20H27NO2/c1-3-21(19-12-7-13-20(17-19)22-2)14-16-23-15-8-11-18-9-5-4-6-10-18/h4-7,9-10,12-13,17H,3,8,11,14-16H2,1-2H3. The minimum atomic E-state index is 0.750. The van der Waals surface area contributed by atoms with Crippen molar-refractivity contribution in [3.63, 3.8) is 0 Å². The Balaban J connectivity index is 1.67. The third-order valence-corrected chi connectivity index (χ3v) is 3.90. The van der Waals surface area contributed by atoms with Crippen LogP contribution < -0.4 is 9.64 Å². The van der Waals surface area contributed by atoms with Crippen LogP contribution in [0, 0.1) is 0 Å². The molecule has 0 amide bonds. The van der Waals surface area contributed by atoms with Crippen LogP contribution in [0.15, 0.2) is 54.6 Å². The quantitative estimate of drug-likeness (QED) is 0.614. The SMILES string of the molecule is CCN(CCOCCCc1ccccc1)c1cccc(OC)c1. The largest absolute Gasteiger partial charge is 0.497 e. The van der Waals surface area contributed by atoms with Crippen LogP contribution in [0.2, 0.25) is 0 Å². The van der Waals surface area contributed by atoms with Crippen LogP contribution in [-0.4, -0.2) is 33.4 Å². The topological polar surface area (TPSA) is 21.7 Å². The lowest BCUT2D eigenvalue weighted by molar-refractivity contribution is 0.138. The molecule has 2 rings (SSSR count). The van der Waals surface area contributed by atoms with E-state index in [1.54, 1.807) is 7.11 Å². The third-order valence-electron chi connectivity index (χ3n) is 3.90. The molecular formula is C20H27NO2. The van der Waals surface area contributed by atoms with Crippen LogP contribution in [0.4, 0.5) is 5.69 Å². The minimum absolute atomic E-state index is 0.750. The Morgan fingerprint density at radius 1 is 0.957 bits per heavy atom. The van der Waals surface area contributed by atoms with Crippen molar-refractivity contribution in [1.29, 1.82) is 0 Å². The van der Waals surface area contributed by atoms with Gasteiger partial charge in [-0.05, 0) is 37.5 Å². The molecule has 0 aliphatic rings. The molecule has 0 heterocycles. The number of ether oxygens (including phenoxy) is 2. The molecule has 3 nitrogen and oxygen atoms in total. The van der Waals surface area contributed by atoms with E-state index in [2.05, 4.69) is 54.3 Å². The molecule has 2 aromatic carbocycles. The van der Waals surface area contributed by atoms with Crippen molar-refractivity contribution in [2.24, 2.45) is 0 Å². The molecule has 0 spiro atoms. The number of methoxy groups -OCH3 is 1. The molecule has 0 radical (unpaired) electrons. The first-order chi connectivity index (χ1) is 11.3. The van der Waals surface area contributed by atoms with Crippen molar-refractivity contribution >= 4 is 5.69 Å². The summed E-state index contributed by atoms with van der Waals surface area (Å²) in [4.78, 5) is 2.31. The van der Waals surface area contributed by atoms with E-state index in [9.17, 15) is 0 Å². The van der Waals surface area contributed by atoms with Gasteiger partial charge in [0, 0.05) is 31.5 Å². The van der Waals surface area contributed by atoms with Crippen molar-refractivity contribution in [2.75, 3.05) is 38.3 Å². The molecule has 0 saturated carbocycles. The molecule has 3 heteroatoms. The van der Waals surface area contributed by atoms with Gasteiger partial charge < -0.3 is 14.4 Å². The first kappa shape index (κ1) is 17.4. The second-order valence-corrected chi connectivity index (χ2v) is 5.48. The summed E-state index contributed by atoms with van der Waals surface area (Å²) in [7, 11) is 1.70. The van der Waals surface area contributed by atoms with Gasteiger partial charge in [-0.3, -0.25) is 0 Å². The molecule has 0 atom stereocenters. The van der Waals surface area contributed by atoms with Gasteiger partial charge in [-0.1, -0.05) is 36.4 Å². The zero-order chi connectivity index (χ0) is 16.3. The highest BCUT2D eigenvalue weighted by Gasteiger charge is 2.05. The zero-order valence-corrected chi connectivity index (χ0v) is 14.2. The van der Waals surface area contributed by atoms with Gasteiger partial charge in [0.15, 0.2) is 0 Å². The fraction of sp³-hybridized carbons (Fsp3) is 0.400. The highest BCUT2D eigenvalue weighted by Crippen LogP contribution is 2.20. The Kier molecular flexibility index (Phi) is 7.47. The predicted octanol–water partition coefficient (Wildman–Crippen LogP) is 4.17. The lowest BCUT2D eigenvalue weighted by Gasteiger charge is -2.23. The molecule has 0 saturated heterocycles. The van der Waals surface area contributed by atoms with Crippen molar-refractivity contribution in [3.05, 3.63) is 60.2 Å². The van der Waals surface area contributed by atoms with Gasteiger partial charge in [-0.2, -0.15) is 0 Å². The monoisotopic (exact) mass is 313 g/mol.